The standard InChI is InChI=1S/C14H14OS/c1-10-5-6-12(8-11(10)2)14(15)9-13-4-3-7-16-13/h3-8H,9H2,1-2H3. The van der Waals surface area contributed by atoms with Crippen LogP contribution in [0.25, 0.3) is 0 Å². The summed E-state index contributed by atoms with van der Waals surface area (Å²) in [5.41, 5.74) is 3.22. The largest absolute Gasteiger partial charge is 0.294 e. The van der Waals surface area contributed by atoms with Gasteiger partial charge in [0.05, 0.1) is 0 Å². The van der Waals surface area contributed by atoms with E-state index in [9.17, 15) is 4.79 Å². The normalized spacial score (nSPS) is 10.4. The van der Waals surface area contributed by atoms with Crippen molar-refractivity contribution in [2.45, 2.75) is 20.3 Å². The smallest absolute Gasteiger partial charge is 0.168 e. The van der Waals surface area contributed by atoms with E-state index in [4.69, 9.17) is 0 Å². The first-order chi connectivity index (χ1) is 7.66. The molecule has 0 atom stereocenters. The molecule has 2 aromatic rings. The lowest BCUT2D eigenvalue weighted by Gasteiger charge is -2.03. The zero-order valence-corrected chi connectivity index (χ0v) is 10.3. The first-order valence-corrected chi connectivity index (χ1v) is 6.17. The average molecular weight is 230 g/mol. The predicted octanol–water partition coefficient (Wildman–Crippen LogP) is 3.79. The molecule has 2 rings (SSSR count). The highest BCUT2D eigenvalue weighted by Crippen LogP contribution is 2.15. The number of carbonyl (C=O) groups is 1. The second kappa shape index (κ2) is 4.62. The lowest BCUT2D eigenvalue weighted by atomic mass is 10.0. The van der Waals surface area contributed by atoms with E-state index in [1.807, 2.05) is 42.6 Å². The number of hydrogen-bond donors (Lipinski definition) is 0. The van der Waals surface area contributed by atoms with Gasteiger partial charge in [-0.25, -0.2) is 0 Å². The van der Waals surface area contributed by atoms with Crippen LogP contribution in [0.3, 0.4) is 0 Å². The Morgan fingerprint density at radius 2 is 2.00 bits per heavy atom. The van der Waals surface area contributed by atoms with Crippen LogP contribution in [-0.2, 0) is 6.42 Å². The number of Topliss-reactive ketones (excluding diaryl/α,β-unsaturated/α-hetero) is 1. The molecule has 0 radical (unpaired) electrons. The van der Waals surface area contributed by atoms with Gasteiger partial charge in [-0.1, -0.05) is 18.2 Å². The summed E-state index contributed by atoms with van der Waals surface area (Å²) in [4.78, 5) is 13.1. The molecular formula is C14H14OS. The van der Waals surface area contributed by atoms with Crippen molar-refractivity contribution in [3.8, 4) is 0 Å². The Kier molecular flexibility index (Phi) is 3.20. The summed E-state index contributed by atoms with van der Waals surface area (Å²) >= 11 is 1.63. The van der Waals surface area contributed by atoms with E-state index in [0.717, 1.165) is 10.4 Å². The van der Waals surface area contributed by atoms with E-state index in [1.165, 1.54) is 11.1 Å². The molecule has 0 N–H and O–H groups in total. The maximum Gasteiger partial charge on any atom is 0.168 e. The molecule has 82 valence electrons. The van der Waals surface area contributed by atoms with E-state index in [0.29, 0.717) is 6.42 Å². The predicted molar refractivity (Wildman–Crippen MR) is 68.3 cm³/mol. The van der Waals surface area contributed by atoms with Crippen molar-refractivity contribution in [3.63, 3.8) is 0 Å². The van der Waals surface area contributed by atoms with Gasteiger partial charge in [0.25, 0.3) is 0 Å². The quantitative estimate of drug-likeness (QED) is 0.733. The summed E-state index contributed by atoms with van der Waals surface area (Å²) in [6.07, 6.45) is 0.514. The van der Waals surface area contributed by atoms with Crippen LogP contribution in [0, 0.1) is 13.8 Å². The van der Waals surface area contributed by atoms with E-state index in [-0.39, 0.29) is 5.78 Å². The number of benzene rings is 1. The van der Waals surface area contributed by atoms with Crippen LogP contribution in [0.1, 0.15) is 26.4 Å². The Morgan fingerprint density at radius 1 is 1.19 bits per heavy atom. The summed E-state index contributed by atoms with van der Waals surface area (Å²) in [5, 5.41) is 2.00. The number of aryl methyl sites for hydroxylation is 2. The second-order valence-electron chi connectivity index (χ2n) is 3.98. The van der Waals surface area contributed by atoms with Crippen LogP contribution in [0.2, 0.25) is 0 Å². The second-order valence-corrected chi connectivity index (χ2v) is 5.01. The molecule has 0 saturated carbocycles. The third-order valence-corrected chi connectivity index (χ3v) is 3.62. The van der Waals surface area contributed by atoms with Crippen molar-refractivity contribution in [2.24, 2.45) is 0 Å². The van der Waals surface area contributed by atoms with Crippen molar-refractivity contribution in [1.82, 2.24) is 0 Å². The molecule has 0 saturated heterocycles. The minimum atomic E-state index is 0.200. The summed E-state index contributed by atoms with van der Waals surface area (Å²) in [5.74, 6) is 0.200. The molecule has 0 aliphatic heterocycles. The lowest BCUT2D eigenvalue weighted by molar-refractivity contribution is 0.0994. The number of carbonyl (C=O) groups excluding carboxylic acids is 1. The van der Waals surface area contributed by atoms with Crippen LogP contribution >= 0.6 is 11.3 Å². The van der Waals surface area contributed by atoms with E-state index >= 15 is 0 Å². The third kappa shape index (κ3) is 2.39. The van der Waals surface area contributed by atoms with Crippen LogP contribution in [-0.4, -0.2) is 5.78 Å². The molecule has 0 fully saturated rings. The van der Waals surface area contributed by atoms with Crippen molar-refractivity contribution in [1.29, 1.82) is 0 Å². The van der Waals surface area contributed by atoms with Crippen LogP contribution in [0.15, 0.2) is 35.7 Å². The summed E-state index contributed by atoms with van der Waals surface area (Å²) in [6, 6.07) is 9.89. The third-order valence-electron chi connectivity index (χ3n) is 2.74. The zero-order valence-electron chi connectivity index (χ0n) is 9.49. The minimum Gasteiger partial charge on any atom is -0.294 e. The average Bonchev–Trinajstić information content (AvgIpc) is 2.74. The number of thiophene rings is 1. The van der Waals surface area contributed by atoms with Crippen LogP contribution < -0.4 is 0 Å². The van der Waals surface area contributed by atoms with Gasteiger partial charge in [0.1, 0.15) is 0 Å². The van der Waals surface area contributed by atoms with Gasteiger partial charge >= 0.3 is 0 Å². The maximum atomic E-state index is 12.0. The molecule has 1 heterocycles. The number of rotatable bonds is 3. The molecule has 16 heavy (non-hydrogen) atoms. The Labute approximate surface area is 99.8 Å². The van der Waals surface area contributed by atoms with Crippen molar-refractivity contribution < 1.29 is 4.79 Å². The van der Waals surface area contributed by atoms with Gasteiger partial charge in [0, 0.05) is 16.9 Å². The highest BCUT2D eigenvalue weighted by molar-refractivity contribution is 7.10. The summed E-state index contributed by atoms with van der Waals surface area (Å²) in [6.45, 7) is 4.10. The molecular weight excluding hydrogens is 216 g/mol. The van der Waals surface area contributed by atoms with E-state index in [2.05, 4.69) is 6.92 Å². The molecule has 2 heteroatoms. The fourth-order valence-corrected chi connectivity index (χ4v) is 2.29. The lowest BCUT2D eigenvalue weighted by Crippen LogP contribution is -2.02. The fourth-order valence-electron chi connectivity index (χ4n) is 1.59. The van der Waals surface area contributed by atoms with Gasteiger partial charge in [-0.3, -0.25) is 4.79 Å². The van der Waals surface area contributed by atoms with Crippen molar-refractivity contribution in [3.05, 3.63) is 57.3 Å². The Morgan fingerprint density at radius 3 is 2.62 bits per heavy atom. The molecule has 1 aromatic heterocycles. The Balaban J connectivity index is 2.18. The van der Waals surface area contributed by atoms with Crippen LogP contribution in [0.5, 0.6) is 0 Å². The van der Waals surface area contributed by atoms with E-state index in [1.54, 1.807) is 11.3 Å². The zero-order chi connectivity index (χ0) is 11.5. The SMILES string of the molecule is Cc1ccc(C(=O)Cc2cccs2)cc1C. The fraction of sp³-hybridized carbons (Fsp3) is 0.214. The van der Waals surface area contributed by atoms with Crippen molar-refractivity contribution in [2.75, 3.05) is 0 Å². The monoisotopic (exact) mass is 230 g/mol. The maximum absolute atomic E-state index is 12.0. The molecule has 0 aliphatic carbocycles. The van der Waals surface area contributed by atoms with Gasteiger partial charge in [-0.05, 0) is 42.5 Å². The molecule has 0 bridgehead atoms. The van der Waals surface area contributed by atoms with Gasteiger partial charge in [0.2, 0.25) is 0 Å². The summed E-state index contributed by atoms with van der Waals surface area (Å²) in [7, 11) is 0. The highest BCUT2D eigenvalue weighted by atomic mass is 32.1. The Bertz CT molecular complexity index is 497. The van der Waals surface area contributed by atoms with Gasteiger partial charge in [-0.15, -0.1) is 11.3 Å². The van der Waals surface area contributed by atoms with Gasteiger partial charge in [-0.2, -0.15) is 0 Å². The summed E-state index contributed by atoms with van der Waals surface area (Å²) < 4.78 is 0. The van der Waals surface area contributed by atoms with Crippen LogP contribution in [0.4, 0.5) is 0 Å². The van der Waals surface area contributed by atoms with Gasteiger partial charge < -0.3 is 0 Å². The number of ketones is 1. The molecule has 0 spiro atoms. The first kappa shape index (κ1) is 11.1. The molecule has 0 aliphatic rings. The highest BCUT2D eigenvalue weighted by Gasteiger charge is 2.08. The van der Waals surface area contributed by atoms with Crippen molar-refractivity contribution >= 4 is 17.1 Å². The minimum absolute atomic E-state index is 0.200. The molecule has 0 amide bonds. The van der Waals surface area contributed by atoms with Gasteiger partial charge in [0.15, 0.2) is 5.78 Å². The molecule has 0 unspecified atom stereocenters. The topological polar surface area (TPSA) is 17.1 Å². The Hall–Kier alpha value is -1.41. The molecule has 1 nitrogen and oxygen atoms in total. The number of hydrogen-bond acceptors (Lipinski definition) is 2. The molecule has 1 aromatic carbocycles. The van der Waals surface area contributed by atoms with E-state index < -0.39 is 0 Å². The first-order valence-electron chi connectivity index (χ1n) is 5.29.